The number of benzene rings is 1. The van der Waals surface area contributed by atoms with Crippen molar-refractivity contribution >= 4 is 22.4 Å². The Morgan fingerprint density at radius 2 is 2.24 bits per heavy atom. The minimum atomic E-state index is 0.218. The maximum atomic E-state index is 9.16. The Balaban J connectivity index is 1.62. The Morgan fingerprint density at radius 1 is 1.28 bits per heavy atom. The van der Waals surface area contributed by atoms with Crippen molar-refractivity contribution in [2.24, 2.45) is 0 Å². The number of nitrogens with zero attached hydrogens (tertiary/aromatic N) is 6. The molecule has 4 aromatic rings. The van der Waals surface area contributed by atoms with E-state index in [9.17, 15) is 0 Å². The van der Waals surface area contributed by atoms with Gasteiger partial charge in [-0.3, -0.25) is 4.98 Å². The minimum absolute atomic E-state index is 0.218. The molecular formula is C16H10N8O. The Kier molecular flexibility index (Phi) is 3.61. The van der Waals surface area contributed by atoms with Crippen LogP contribution in [-0.4, -0.2) is 30.6 Å². The fraction of sp³-hybridized carbons (Fsp3) is 0. The molecule has 1 aromatic carbocycles. The van der Waals surface area contributed by atoms with Gasteiger partial charge in [-0.15, -0.1) is 10.2 Å². The van der Waals surface area contributed by atoms with Crippen molar-refractivity contribution in [3.05, 3.63) is 54.6 Å². The highest BCUT2D eigenvalue weighted by Crippen LogP contribution is 2.25. The highest BCUT2D eigenvalue weighted by atomic mass is 16.3. The molecule has 0 amide bonds. The van der Waals surface area contributed by atoms with Crippen LogP contribution in [0.3, 0.4) is 0 Å². The van der Waals surface area contributed by atoms with E-state index in [1.54, 1.807) is 12.3 Å². The molecule has 9 heteroatoms. The van der Waals surface area contributed by atoms with Crippen molar-refractivity contribution < 1.29 is 4.42 Å². The van der Waals surface area contributed by atoms with Crippen LogP contribution in [0.1, 0.15) is 5.82 Å². The Labute approximate surface area is 141 Å². The molecule has 0 unspecified atom stereocenters. The molecule has 0 bridgehead atoms. The summed E-state index contributed by atoms with van der Waals surface area (Å²) in [6.07, 6.45) is 3.19. The van der Waals surface area contributed by atoms with Crippen LogP contribution in [0.4, 0.5) is 5.69 Å². The molecule has 0 aliphatic carbocycles. The molecule has 3 heterocycles. The summed E-state index contributed by atoms with van der Waals surface area (Å²) in [5.74, 6) is 0.669. The summed E-state index contributed by atoms with van der Waals surface area (Å²) in [6, 6.07) is 13.0. The fourth-order valence-electron chi connectivity index (χ4n) is 2.19. The molecule has 0 fully saturated rings. The number of anilines is 1. The lowest BCUT2D eigenvalue weighted by molar-refractivity contribution is 0.617. The lowest BCUT2D eigenvalue weighted by atomic mass is 10.2. The molecule has 0 spiro atoms. The van der Waals surface area contributed by atoms with Crippen LogP contribution in [0.2, 0.25) is 0 Å². The van der Waals surface area contributed by atoms with Crippen molar-refractivity contribution in [1.29, 1.82) is 5.26 Å². The first-order valence-electron chi connectivity index (χ1n) is 7.26. The molecule has 25 heavy (non-hydrogen) atoms. The van der Waals surface area contributed by atoms with Gasteiger partial charge in [0.2, 0.25) is 11.7 Å². The standard InChI is InChI=1S/C16H10N8O/c17-8-10(15-21-23-24-22-15)9-19-11-4-5-14-13(7-11)20-16(25-14)12-3-1-2-6-18-12/h1-7,9,19H,(H,21,22,23,24). The zero-order valence-electron chi connectivity index (χ0n) is 12.7. The van der Waals surface area contributed by atoms with Gasteiger partial charge in [-0.25, -0.2) is 4.98 Å². The first-order chi connectivity index (χ1) is 12.3. The Hall–Kier alpha value is -4.06. The summed E-state index contributed by atoms with van der Waals surface area (Å²) in [5, 5.41) is 25.5. The normalized spacial score (nSPS) is 11.4. The van der Waals surface area contributed by atoms with Gasteiger partial charge in [0.05, 0.1) is 0 Å². The minimum Gasteiger partial charge on any atom is -0.435 e. The molecule has 9 nitrogen and oxygen atoms in total. The van der Waals surface area contributed by atoms with Crippen molar-refractivity contribution in [3.8, 4) is 17.7 Å². The Bertz CT molecular complexity index is 1080. The van der Waals surface area contributed by atoms with E-state index < -0.39 is 0 Å². The third kappa shape index (κ3) is 2.91. The van der Waals surface area contributed by atoms with Crippen LogP contribution in [0.25, 0.3) is 28.3 Å². The average Bonchev–Trinajstić information content (AvgIpc) is 3.32. The summed E-state index contributed by atoms with van der Waals surface area (Å²) in [7, 11) is 0. The zero-order chi connectivity index (χ0) is 17.1. The van der Waals surface area contributed by atoms with Gasteiger partial charge < -0.3 is 9.73 Å². The predicted molar refractivity (Wildman–Crippen MR) is 88.6 cm³/mol. The summed E-state index contributed by atoms with van der Waals surface area (Å²) in [5.41, 5.74) is 2.98. The Morgan fingerprint density at radius 3 is 3.00 bits per heavy atom. The molecule has 0 saturated heterocycles. The molecular weight excluding hydrogens is 320 g/mol. The summed E-state index contributed by atoms with van der Waals surface area (Å²) in [6.45, 7) is 0. The van der Waals surface area contributed by atoms with Crippen LogP contribution in [0.5, 0.6) is 0 Å². The van der Waals surface area contributed by atoms with Gasteiger partial charge in [0, 0.05) is 18.1 Å². The number of nitriles is 1. The van der Waals surface area contributed by atoms with E-state index in [0.29, 0.717) is 22.7 Å². The van der Waals surface area contributed by atoms with E-state index >= 15 is 0 Å². The topological polar surface area (TPSA) is 129 Å². The van der Waals surface area contributed by atoms with Crippen molar-refractivity contribution in [2.75, 3.05) is 5.32 Å². The van der Waals surface area contributed by atoms with Gasteiger partial charge in [-0.1, -0.05) is 6.07 Å². The fourth-order valence-corrected chi connectivity index (χ4v) is 2.19. The second-order valence-corrected chi connectivity index (χ2v) is 4.97. The van der Waals surface area contributed by atoms with Crippen LogP contribution < -0.4 is 5.32 Å². The third-order valence-electron chi connectivity index (χ3n) is 3.36. The summed E-state index contributed by atoms with van der Waals surface area (Å²) >= 11 is 0. The number of H-pyrrole nitrogens is 1. The number of aromatic nitrogens is 6. The number of pyridine rings is 1. The number of rotatable bonds is 4. The monoisotopic (exact) mass is 330 g/mol. The van der Waals surface area contributed by atoms with E-state index in [4.69, 9.17) is 9.68 Å². The van der Waals surface area contributed by atoms with Gasteiger partial charge in [-0.05, 0) is 35.5 Å². The van der Waals surface area contributed by atoms with Crippen molar-refractivity contribution in [1.82, 2.24) is 30.6 Å². The van der Waals surface area contributed by atoms with Crippen LogP contribution >= 0.6 is 0 Å². The van der Waals surface area contributed by atoms with E-state index in [1.807, 2.05) is 36.4 Å². The number of allylic oxidation sites excluding steroid dienone is 1. The number of tetrazole rings is 1. The molecule has 0 saturated carbocycles. The molecule has 0 atom stereocenters. The van der Waals surface area contributed by atoms with Gasteiger partial charge in [0.1, 0.15) is 22.9 Å². The first kappa shape index (κ1) is 14.5. The number of hydrogen-bond acceptors (Lipinski definition) is 8. The lowest BCUT2D eigenvalue weighted by Crippen LogP contribution is -1.92. The van der Waals surface area contributed by atoms with Gasteiger partial charge in [0.25, 0.3) is 0 Å². The van der Waals surface area contributed by atoms with Gasteiger partial charge >= 0.3 is 0 Å². The number of aromatic amines is 1. The van der Waals surface area contributed by atoms with Crippen LogP contribution in [0, 0.1) is 11.3 Å². The molecule has 0 aliphatic heterocycles. The second kappa shape index (κ2) is 6.21. The number of hydrogen-bond donors (Lipinski definition) is 2. The molecule has 3 aromatic heterocycles. The smallest absolute Gasteiger partial charge is 0.246 e. The number of oxazole rings is 1. The third-order valence-corrected chi connectivity index (χ3v) is 3.36. The average molecular weight is 330 g/mol. The van der Waals surface area contributed by atoms with Gasteiger partial charge in [0.15, 0.2) is 5.58 Å². The SMILES string of the molecule is N#CC(=CNc1ccc2oc(-c3ccccn3)nc2c1)c1nn[nH]n1. The maximum absolute atomic E-state index is 9.16. The molecule has 0 radical (unpaired) electrons. The summed E-state index contributed by atoms with van der Waals surface area (Å²) < 4.78 is 5.71. The van der Waals surface area contributed by atoms with Crippen molar-refractivity contribution in [3.63, 3.8) is 0 Å². The number of fused-ring (bicyclic) bond motifs is 1. The molecule has 120 valence electrons. The zero-order valence-corrected chi connectivity index (χ0v) is 12.7. The second-order valence-electron chi connectivity index (χ2n) is 4.97. The lowest BCUT2D eigenvalue weighted by Gasteiger charge is -2.00. The molecule has 2 N–H and O–H groups in total. The molecule has 0 aliphatic rings. The quantitative estimate of drug-likeness (QED) is 0.546. The van der Waals surface area contributed by atoms with E-state index in [2.05, 4.69) is 35.9 Å². The number of nitrogens with one attached hydrogen (secondary N) is 2. The summed E-state index contributed by atoms with van der Waals surface area (Å²) in [4.78, 5) is 8.67. The van der Waals surface area contributed by atoms with E-state index in [0.717, 1.165) is 5.69 Å². The highest BCUT2D eigenvalue weighted by molar-refractivity contribution is 5.81. The highest BCUT2D eigenvalue weighted by Gasteiger charge is 2.10. The largest absolute Gasteiger partial charge is 0.435 e. The van der Waals surface area contributed by atoms with Crippen molar-refractivity contribution in [2.45, 2.75) is 0 Å². The first-order valence-corrected chi connectivity index (χ1v) is 7.26. The van der Waals surface area contributed by atoms with Crippen LogP contribution in [-0.2, 0) is 0 Å². The van der Waals surface area contributed by atoms with Gasteiger partial charge in [-0.2, -0.15) is 10.5 Å². The maximum Gasteiger partial charge on any atom is 0.246 e. The molecule has 4 rings (SSSR count). The van der Waals surface area contributed by atoms with E-state index in [1.165, 1.54) is 6.20 Å². The predicted octanol–water partition coefficient (Wildman–Crippen LogP) is 2.38. The van der Waals surface area contributed by atoms with E-state index in [-0.39, 0.29) is 11.4 Å². The van der Waals surface area contributed by atoms with Crippen LogP contribution in [0.15, 0.2) is 53.2 Å².